The molecular formula is C49H60N4O2S. The molecule has 3 aromatic rings. The number of benzene rings is 3. The fourth-order valence-corrected chi connectivity index (χ4v) is 11.7. The van der Waals surface area contributed by atoms with Crippen molar-refractivity contribution < 1.29 is 8.42 Å². The molecule has 0 spiro atoms. The largest absolute Gasteiger partial charge is 0.364 e. The summed E-state index contributed by atoms with van der Waals surface area (Å²) in [6.45, 7) is 16.0. The fraction of sp³-hybridized carbons (Fsp3) is 0.449. The lowest BCUT2D eigenvalue weighted by Crippen LogP contribution is -2.40. The summed E-state index contributed by atoms with van der Waals surface area (Å²) in [4.78, 5) is 11.0. The number of aryl methyl sites for hydroxylation is 1. The molecule has 1 saturated heterocycles. The topological polar surface area (TPSA) is 56.2 Å². The molecule has 5 aliphatic rings. The van der Waals surface area contributed by atoms with Crippen LogP contribution in [0.1, 0.15) is 109 Å². The number of fused-ring (bicyclic) bond motifs is 8. The lowest BCUT2D eigenvalue weighted by molar-refractivity contribution is 0.352. The first-order valence-corrected chi connectivity index (χ1v) is 22.7. The van der Waals surface area contributed by atoms with Gasteiger partial charge in [0.15, 0.2) is 0 Å². The molecule has 7 heteroatoms. The molecule has 4 heterocycles. The van der Waals surface area contributed by atoms with Gasteiger partial charge in [0.2, 0.25) is 0 Å². The highest BCUT2D eigenvalue weighted by molar-refractivity contribution is 7.89. The van der Waals surface area contributed by atoms with Crippen molar-refractivity contribution in [2.24, 2.45) is 10.9 Å². The van der Waals surface area contributed by atoms with Crippen LogP contribution in [-0.4, -0.2) is 44.2 Å². The normalized spacial score (nSPS) is 25.8. The minimum absolute atomic E-state index is 0.00969. The number of allylic oxidation sites excluding steroid dienone is 6. The van der Waals surface area contributed by atoms with Crippen molar-refractivity contribution in [2.45, 2.75) is 121 Å². The molecular weight excluding hydrogens is 709 g/mol. The van der Waals surface area contributed by atoms with Crippen LogP contribution in [0.15, 0.2) is 130 Å². The molecule has 3 atom stereocenters. The van der Waals surface area contributed by atoms with Gasteiger partial charge in [0.25, 0.3) is 10.0 Å². The Balaban J connectivity index is 1.27. The summed E-state index contributed by atoms with van der Waals surface area (Å²) >= 11 is 0. The fourth-order valence-electron chi connectivity index (χ4n) is 10.2. The lowest BCUT2D eigenvalue weighted by atomic mass is 9.70. The van der Waals surface area contributed by atoms with E-state index in [9.17, 15) is 8.42 Å². The number of hydrogen-bond acceptors (Lipinski definition) is 5. The van der Waals surface area contributed by atoms with Crippen LogP contribution in [0.3, 0.4) is 0 Å². The third-order valence-electron chi connectivity index (χ3n) is 13.5. The number of amidine groups is 1. The molecule has 0 saturated carbocycles. The molecule has 1 aliphatic carbocycles. The molecule has 0 N–H and O–H groups in total. The Bertz CT molecular complexity index is 2240. The quantitative estimate of drug-likeness (QED) is 0.172. The molecule has 56 heavy (non-hydrogen) atoms. The molecule has 3 aromatic carbocycles. The van der Waals surface area contributed by atoms with Crippen LogP contribution in [0, 0.1) is 12.8 Å². The van der Waals surface area contributed by atoms with Crippen molar-refractivity contribution in [1.82, 2.24) is 4.31 Å². The van der Waals surface area contributed by atoms with Gasteiger partial charge in [-0.05, 0) is 98.1 Å². The molecule has 0 aromatic heterocycles. The number of para-hydroxylation sites is 2. The monoisotopic (exact) mass is 768 g/mol. The van der Waals surface area contributed by atoms with E-state index in [1.807, 2.05) is 19.1 Å². The Morgan fingerprint density at radius 1 is 0.804 bits per heavy atom. The van der Waals surface area contributed by atoms with Crippen molar-refractivity contribution in [1.29, 1.82) is 0 Å². The standard InChI is InChI=1S/C49H60N4O2S/c1-7-9-15-31-51-42-19-13-11-17-40(42)48(4,5)44(51)29-25-36-23-24-37-26-30-45-49(6,41-18-12-14-20-43(41)52(45)32-16-10-8-2)38-33-46(50-47(36)37)53(34-38)56(54,55)39-27-21-35(3)22-28-39/h11-14,17-22,25-30,38,44H,7-10,15-16,23-24,31-34H2,1-6H3/b29-25+,37-26+,45-30+,50-46?. The van der Waals surface area contributed by atoms with Crippen LogP contribution in [0.4, 0.5) is 11.4 Å². The van der Waals surface area contributed by atoms with Gasteiger partial charge in [-0.15, -0.1) is 0 Å². The average Bonchev–Trinajstić information content (AvgIpc) is 3.91. The van der Waals surface area contributed by atoms with Crippen molar-refractivity contribution in [3.8, 4) is 0 Å². The first-order valence-electron chi connectivity index (χ1n) is 21.2. The molecule has 0 radical (unpaired) electrons. The highest BCUT2D eigenvalue weighted by atomic mass is 32.2. The highest BCUT2D eigenvalue weighted by Crippen LogP contribution is 2.55. The van der Waals surface area contributed by atoms with Crippen LogP contribution in [0.5, 0.6) is 0 Å². The Morgan fingerprint density at radius 3 is 2.21 bits per heavy atom. The van der Waals surface area contributed by atoms with Gasteiger partial charge in [-0.2, -0.15) is 0 Å². The van der Waals surface area contributed by atoms with Crippen LogP contribution in [-0.2, 0) is 20.9 Å². The molecule has 0 amide bonds. The minimum atomic E-state index is -3.86. The smallest absolute Gasteiger partial charge is 0.265 e. The van der Waals surface area contributed by atoms with E-state index in [0.717, 1.165) is 50.0 Å². The van der Waals surface area contributed by atoms with Gasteiger partial charge >= 0.3 is 0 Å². The van der Waals surface area contributed by atoms with Gasteiger partial charge in [0.05, 0.1) is 16.6 Å². The van der Waals surface area contributed by atoms with E-state index in [4.69, 9.17) is 4.99 Å². The van der Waals surface area contributed by atoms with Crippen LogP contribution < -0.4 is 9.80 Å². The third-order valence-corrected chi connectivity index (χ3v) is 15.3. The molecule has 294 valence electrons. The van der Waals surface area contributed by atoms with Gasteiger partial charge < -0.3 is 9.80 Å². The first-order chi connectivity index (χ1) is 27.0. The van der Waals surface area contributed by atoms with Crippen molar-refractivity contribution in [2.75, 3.05) is 29.4 Å². The number of unbranched alkanes of at least 4 members (excludes halogenated alkanes) is 4. The van der Waals surface area contributed by atoms with Crippen LogP contribution in [0.2, 0.25) is 0 Å². The van der Waals surface area contributed by atoms with E-state index >= 15 is 0 Å². The summed E-state index contributed by atoms with van der Waals surface area (Å²) in [7, 11) is -3.86. The van der Waals surface area contributed by atoms with Crippen molar-refractivity contribution in [3.05, 3.63) is 136 Å². The Morgan fingerprint density at radius 2 is 1.48 bits per heavy atom. The van der Waals surface area contributed by atoms with E-state index < -0.39 is 10.0 Å². The summed E-state index contributed by atoms with van der Waals surface area (Å²) < 4.78 is 31.1. The van der Waals surface area contributed by atoms with Crippen molar-refractivity contribution >= 4 is 27.2 Å². The molecule has 8 rings (SSSR count). The summed E-state index contributed by atoms with van der Waals surface area (Å²) in [6.07, 6.45) is 18.8. The van der Waals surface area contributed by atoms with E-state index in [1.54, 1.807) is 16.4 Å². The van der Waals surface area contributed by atoms with Gasteiger partial charge in [-0.3, -0.25) is 4.31 Å². The number of anilines is 2. The number of rotatable bonds is 12. The molecule has 1 fully saturated rings. The van der Waals surface area contributed by atoms with E-state index in [1.165, 1.54) is 65.0 Å². The summed E-state index contributed by atoms with van der Waals surface area (Å²) in [5, 5.41) is 0. The van der Waals surface area contributed by atoms with Crippen molar-refractivity contribution in [3.63, 3.8) is 0 Å². The second-order valence-electron chi connectivity index (χ2n) is 17.4. The average molecular weight is 769 g/mol. The summed E-state index contributed by atoms with van der Waals surface area (Å²) in [5.41, 5.74) is 10.5. The third kappa shape index (κ3) is 6.48. The number of sulfonamides is 1. The number of hydrogen-bond donors (Lipinski definition) is 0. The molecule has 6 nitrogen and oxygen atoms in total. The second-order valence-corrected chi connectivity index (χ2v) is 19.3. The van der Waals surface area contributed by atoms with Crippen LogP contribution in [0.25, 0.3) is 0 Å². The predicted molar refractivity (Wildman–Crippen MR) is 233 cm³/mol. The first kappa shape index (κ1) is 38.5. The summed E-state index contributed by atoms with van der Waals surface area (Å²) in [6, 6.07) is 25.2. The van der Waals surface area contributed by atoms with Gasteiger partial charge in [-0.1, -0.05) is 126 Å². The maximum absolute atomic E-state index is 14.7. The number of nitrogens with zero attached hydrogens (tertiary/aromatic N) is 4. The minimum Gasteiger partial charge on any atom is -0.364 e. The van der Waals surface area contributed by atoms with Gasteiger partial charge in [0, 0.05) is 54.0 Å². The van der Waals surface area contributed by atoms with E-state index in [-0.39, 0.29) is 22.8 Å². The maximum atomic E-state index is 14.7. The van der Waals surface area contributed by atoms with Gasteiger partial charge in [0.1, 0.15) is 5.84 Å². The lowest BCUT2D eigenvalue weighted by Gasteiger charge is -2.35. The zero-order valence-electron chi connectivity index (χ0n) is 34.4. The molecule has 2 bridgehead atoms. The SMILES string of the molecule is CCCCCN1/C2=C/C=C3\CCC(/C=C/C4N(CCCCC)c5ccccc5C4(C)C)=C3N=C3CC(CN3S(=O)(=O)c3ccc(C)cc3)C2(C)c2ccccc21. The van der Waals surface area contributed by atoms with Crippen LogP contribution >= 0.6 is 0 Å². The number of aliphatic imine (C=N–C) groups is 1. The molecule has 3 unspecified atom stereocenters. The Kier molecular flexibility index (Phi) is 10.4. The summed E-state index contributed by atoms with van der Waals surface area (Å²) in [5.74, 6) is 0.666. The predicted octanol–water partition coefficient (Wildman–Crippen LogP) is 11.2. The Labute approximate surface area is 336 Å². The molecule has 4 aliphatic heterocycles. The zero-order chi connectivity index (χ0) is 39.2. The highest BCUT2D eigenvalue weighted by Gasteiger charge is 2.53. The van der Waals surface area contributed by atoms with Gasteiger partial charge in [-0.25, -0.2) is 13.4 Å². The zero-order valence-corrected chi connectivity index (χ0v) is 35.2. The van der Waals surface area contributed by atoms with E-state index in [2.05, 4.69) is 117 Å². The maximum Gasteiger partial charge on any atom is 0.265 e. The Hall–Kier alpha value is -4.36. The van der Waals surface area contributed by atoms with E-state index in [0.29, 0.717) is 23.7 Å². The second kappa shape index (κ2) is 15.2.